The van der Waals surface area contributed by atoms with Gasteiger partial charge in [-0.2, -0.15) is 5.10 Å². The lowest BCUT2D eigenvalue weighted by molar-refractivity contribution is -0.119. The Morgan fingerprint density at radius 3 is 2.40 bits per heavy atom. The minimum Gasteiger partial charge on any atom is -0.372 e. The van der Waals surface area contributed by atoms with Crippen LogP contribution in [0, 0.1) is 6.92 Å². The molecule has 0 radical (unpaired) electrons. The lowest BCUT2D eigenvalue weighted by Gasteiger charge is -2.22. The van der Waals surface area contributed by atoms with Crippen molar-refractivity contribution in [3.8, 4) is 11.3 Å². The number of nitrogens with zero attached hydrogens (tertiary/aromatic N) is 3. The molecular formula is C24H28N4O2. The second-order valence-electron chi connectivity index (χ2n) is 7.20. The molecule has 0 aliphatic carbocycles. The van der Waals surface area contributed by atoms with Crippen molar-refractivity contribution in [1.82, 2.24) is 9.78 Å². The van der Waals surface area contributed by atoms with Gasteiger partial charge in [-0.05, 0) is 57.5 Å². The van der Waals surface area contributed by atoms with Crippen LogP contribution in [0.1, 0.15) is 32.4 Å². The lowest BCUT2D eigenvalue weighted by atomic mass is 10.1. The number of anilines is 2. The fraction of sp³-hybridized carbons (Fsp3) is 0.292. The van der Waals surface area contributed by atoms with Crippen LogP contribution in [0.15, 0.2) is 65.5 Å². The Morgan fingerprint density at radius 1 is 1.07 bits per heavy atom. The lowest BCUT2D eigenvalue weighted by Crippen LogP contribution is -2.33. The minimum absolute atomic E-state index is 0.284. The monoisotopic (exact) mass is 404 g/mol. The van der Waals surface area contributed by atoms with Crippen LogP contribution in [0.4, 0.5) is 11.4 Å². The molecule has 6 heteroatoms. The first-order valence-corrected chi connectivity index (χ1v) is 10.3. The molecule has 0 spiro atoms. The van der Waals surface area contributed by atoms with Crippen LogP contribution >= 0.6 is 0 Å². The molecule has 1 heterocycles. The number of benzene rings is 2. The Kier molecular flexibility index (Phi) is 6.67. The molecule has 0 aliphatic rings. The number of rotatable bonds is 7. The molecule has 1 N–H and O–H groups in total. The van der Waals surface area contributed by atoms with Crippen molar-refractivity contribution in [2.75, 3.05) is 23.3 Å². The maximum atomic E-state index is 12.9. The van der Waals surface area contributed by atoms with Gasteiger partial charge in [0.1, 0.15) is 6.04 Å². The Bertz CT molecular complexity index is 1070. The topological polar surface area (TPSA) is 67.2 Å². The number of hydrogen-bond donors (Lipinski definition) is 1. The highest BCUT2D eigenvalue weighted by Crippen LogP contribution is 2.23. The van der Waals surface area contributed by atoms with E-state index in [1.165, 1.54) is 10.7 Å². The molecule has 156 valence electrons. The molecule has 30 heavy (non-hydrogen) atoms. The average Bonchev–Trinajstić information content (AvgIpc) is 2.76. The summed E-state index contributed by atoms with van der Waals surface area (Å²) in [6.45, 7) is 9.72. The van der Waals surface area contributed by atoms with Crippen LogP contribution in [0.2, 0.25) is 0 Å². The van der Waals surface area contributed by atoms with E-state index in [4.69, 9.17) is 0 Å². The maximum absolute atomic E-state index is 12.9. The number of nitrogens with one attached hydrogen (secondary N) is 1. The van der Waals surface area contributed by atoms with Crippen molar-refractivity contribution >= 4 is 17.3 Å². The number of aryl methyl sites for hydroxylation is 1. The molecule has 2 aromatic carbocycles. The Balaban J connectivity index is 1.82. The highest BCUT2D eigenvalue weighted by molar-refractivity contribution is 5.94. The fourth-order valence-corrected chi connectivity index (χ4v) is 3.39. The molecule has 3 rings (SSSR count). The molecule has 0 fully saturated rings. The average molecular weight is 405 g/mol. The first-order valence-electron chi connectivity index (χ1n) is 10.3. The number of hydrogen-bond acceptors (Lipinski definition) is 4. The fourth-order valence-electron chi connectivity index (χ4n) is 3.39. The van der Waals surface area contributed by atoms with Gasteiger partial charge in [0.2, 0.25) is 5.91 Å². The Hall–Kier alpha value is -3.41. The van der Waals surface area contributed by atoms with Crippen molar-refractivity contribution in [2.45, 2.75) is 33.7 Å². The summed E-state index contributed by atoms with van der Waals surface area (Å²) in [4.78, 5) is 27.5. The van der Waals surface area contributed by atoms with E-state index in [1.807, 2.05) is 49.4 Å². The van der Waals surface area contributed by atoms with Gasteiger partial charge in [0.05, 0.1) is 5.69 Å². The van der Waals surface area contributed by atoms with Crippen LogP contribution in [0.3, 0.4) is 0 Å². The summed E-state index contributed by atoms with van der Waals surface area (Å²) in [6, 6.07) is 17.9. The van der Waals surface area contributed by atoms with E-state index in [0.29, 0.717) is 5.69 Å². The predicted molar refractivity (Wildman–Crippen MR) is 122 cm³/mol. The molecule has 1 unspecified atom stereocenters. The van der Waals surface area contributed by atoms with Crippen molar-refractivity contribution < 1.29 is 4.79 Å². The molecule has 1 atom stereocenters. The van der Waals surface area contributed by atoms with Gasteiger partial charge in [0, 0.05) is 36.1 Å². The Labute approximate surface area is 177 Å². The number of carbonyl (C=O) groups excluding carboxylic acids is 1. The summed E-state index contributed by atoms with van der Waals surface area (Å²) >= 11 is 0. The third-order valence-electron chi connectivity index (χ3n) is 5.24. The van der Waals surface area contributed by atoms with Gasteiger partial charge in [-0.15, -0.1) is 0 Å². The summed E-state index contributed by atoms with van der Waals surface area (Å²) in [6.07, 6.45) is 0. The van der Waals surface area contributed by atoms with Gasteiger partial charge in [0.25, 0.3) is 5.56 Å². The summed E-state index contributed by atoms with van der Waals surface area (Å²) in [5.74, 6) is -0.284. The molecule has 3 aromatic rings. The minimum atomic E-state index is -0.747. The maximum Gasteiger partial charge on any atom is 0.267 e. The molecule has 0 aliphatic heterocycles. The zero-order chi connectivity index (χ0) is 21.7. The second-order valence-corrected chi connectivity index (χ2v) is 7.20. The van der Waals surface area contributed by atoms with Crippen molar-refractivity contribution in [1.29, 1.82) is 0 Å². The van der Waals surface area contributed by atoms with Crippen LogP contribution in [0.25, 0.3) is 11.3 Å². The highest BCUT2D eigenvalue weighted by Gasteiger charge is 2.19. The van der Waals surface area contributed by atoms with E-state index < -0.39 is 6.04 Å². The standard InChI is InChI=1S/C24H28N4O2/c1-5-27(6-2)20-12-13-21(17(3)16-20)25-24(30)18(4)28-23(29)15-14-22(26-28)19-10-8-7-9-11-19/h7-16,18H,5-6H2,1-4H3,(H,25,30). The van der Waals surface area contributed by atoms with Gasteiger partial charge in [-0.1, -0.05) is 30.3 Å². The van der Waals surface area contributed by atoms with Crippen LogP contribution in [-0.4, -0.2) is 28.8 Å². The van der Waals surface area contributed by atoms with E-state index >= 15 is 0 Å². The molecule has 0 bridgehead atoms. The normalized spacial score (nSPS) is 11.7. The third kappa shape index (κ3) is 4.59. The second kappa shape index (κ2) is 9.39. The van der Waals surface area contributed by atoms with Gasteiger partial charge < -0.3 is 10.2 Å². The number of aromatic nitrogens is 2. The SMILES string of the molecule is CCN(CC)c1ccc(NC(=O)C(C)n2nc(-c3ccccc3)ccc2=O)c(C)c1. The summed E-state index contributed by atoms with van der Waals surface area (Å²) < 4.78 is 1.23. The van der Waals surface area contributed by atoms with E-state index in [9.17, 15) is 9.59 Å². The zero-order valence-corrected chi connectivity index (χ0v) is 17.9. The van der Waals surface area contributed by atoms with Gasteiger partial charge in [0.15, 0.2) is 0 Å². The van der Waals surface area contributed by atoms with E-state index in [1.54, 1.807) is 13.0 Å². The molecule has 1 aromatic heterocycles. The Morgan fingerprint density at radius 2 is 1.77 bits per heavy atom. The van der Waals surface area contributed by atoms with E-state index in [0.717, 1.165) is 35.6 Å². The smallest absolute Gasteiger partial charge is 0.267 e. The zero-order valence-electron chi connectivity index (χ0n) is 17.9. The predicted octanol–water partition coefficient (Wildman–Crippen LogP) is 4.26. The third-order valence-corrected chi connectivity index (χ3v) is 5.24. The highest BCUT2D eigenvalue weighted by atomic mass is 16.2. The van der Waals surface area contributed by atoms with Gasteiger partial charge >= 0.3 is 0 Å². The molecular weight excluding hydrogens is 376 g/mol. The number of carbonyl (C=O) groups is 1. The molecule has 0 saturated heterocycles. The summed E-state index contributed by atoms with van der Waals surface area (Å²) in [5, 5.41) is 7.36. The van der Waals surface area contributed by atoms with Crippen molar-refractivity contribution in [2.24, 2.45) is 0 Å². The van der Waals surface area contributed by atoms with Crippen molar-refractivity contribution in [3.63, 3.8) is 0 Å². The van der Waals surface area contributed by atoms with Crippen LogP contribution < -0.4 is 15.8 Å². The number of amides is 1. The van der Waals surface area contributed by atoms with Crippen LogP contribution in [-0.2, 0) is 4.79 Å². The molecule has 0 saturated carbocycles. The largest absolute Gasteiger partial charge is 0.372 e. The molecule has 6 nitrogen and oxygen atoms in total. The quantitative estimate of drug-likeness (QED) is 0.639. The van der Waals surface area contributed by atoms with Crippen LogP contribution in [0.5, 0.6) is 0 Å². The summed E-state index contributed by atoms with van der Waals surface area (Å²) in [7, 11) is 0. The van der Waals surface area contributed by atoms with Gasteiger partial charge in [-0.25, -0.2) is 4.68 Å². The molecule has 1 amide bonds. The first kappa shape index (κ1) is 21.3. The van der Waals surface area contributed by atoms with Gasteiger partial charge in [-0.3, -0.25) is 9.59 Å². The summed E-state index contributed by atoms with van der Waals surface area (Å²) in [5.41, 5.74) is 4.05. The van der Waals surface area contributed by atoms with E-state index in [-0.39, 0.29) is 11.5 Å². The first-order chi connectivity index (χ1) is 14.4. The van der Waals surface area contributed by atoms with Crippen molar-refractivity contribution in [3.05, 3.63) is 76.6 Å². The van der Waals surface area contributed by atoms with E-state index in [2.05, 4.69) is 35.2 Å².